The molecule has 0 saturated heterocycles. The fourth-order valence-corrected chi connectivity index (χ4v) is 2.17. The summed E-state index contributed by atoms with van der Waals surface area (Å²) in [5, 5.41) is 1.17. The minimum atomic E-state index is 0.291. The van der Waals surface area contributed by atoms with E-state index in [4.69, 9.17) is 33.7 Å². The van der Waals surface area contributed by atoms with Crippen LogP contribution in [0.1, 0.15) is 11.1 Å². The number of halogens is 2. The van der Waals surface area contributed by atoms with Crippen LogP contribution in [0.15, 0.2) is 42.5 Å². The van der Waals surface area contributed by atoms with E-state index in [0.29, 0.717) is 28.9 Å². The van der Waals surface area contributed by atoms with E-state index in [-0.39, 0.29) is 0 Å². The molecule has 20 heavy (non-hydrogen) atoms. The zero-order valence-electron chi connectivity index (χ0n) is 10.7. The molecule has 4 heteroatoms. The van der Waals surface area contributed by atoms with Gasteiger partial charge in [0.2, 0.25) is 0 Å². The molecular formula is C16H13Cl2NO. The van der Waals surface area contributed by atoms with Gasteiger partial charge in [0, 0.05) is 15.6 Å². The molecule has 2 N–H and O–H groups in total. The minimum absolute atomic E-state index is 0.291. The van der Waals surface area contributed by atoms with Gasteiger partial charge in [0.05, 0.1) is 12.1 Å². The monoisotopic (exact) mass is 305 g/mol. The average Bonchev–Trinajstić information content (AvgIpc) is 2.45. The molecule has 0 aliphatic rings. The quantitative estimate of drug-likeness (QED) is 0.873. The van der Waals surface area contributed by atoms with Crippen molar-refractivity contribution >= 4 is 23.2 Å². The summed E-state index contributed by atoms with van der Waals surface area (Å²) >= 11 is 12.2. The molecule has 0 heterocycles. The van der Waals surface area contributed by atoms with Crippen LogP contribution in [0.4, 0.5) is 0 Å². The Morgan fingerprint density at radius 1 is 1.00 bits per heavy atom. The maximum atomic E-state index is 6.11. The summed E-state index contributed by atoms with van der Waals surface area (Å²) in [4.78, 5) is 0. The average molecular weight is 306 g/mol. The molecule has 0 fully saturated rings. The van der Waals surface area contributed by atoms with Crippen molar-refractivity contribution in [3.05, 3.63) is 63.6 Å². The summed E-state index contributed by atoms with van der Waals surface area (Å²) in [6, 6.07) is 12.9. The lowest BCUT2D eigenvalue weighted by Gasteiger charge is -2.10. The van der Waals surface area contributed by atoms with Crippen molar-refractivity contribution in [3.8, 4) is 17.6 Å². The zero-order chi connectivity index (χ0) is 14.4. The van der Waals surface area contributed by atoms with Crippen LogP contribution in [-0.2, 0) is 6.61 Å². The highest BCUT2D eigenvalue weighted by molar-refractivity contribution is 6.35. The summed E-state index contributed by atoms with van der Waals surface area (Å²) < 4.78 is 5.77. The van der Waals surface area contributed by atoms with Crippen molar-refractivity contribution in [1.82, 2.24) is 0 Å². The van der Waals surface area contributed by atoms with Crippen LogP contribution in [0.5, 0.6) is 5.75 Å². The van der Waals surface area contributed by atoms with Crippen molar-refractivity contribution in [2.24, 2.45) is 5.73 Å². The highest BCUT2D eigenvalue weighted by Crippen LogP contribution is 2.26. The number of rotatable bonds is 3. The Morgan fingerprint density at radius 2 is 1.70 bits per heavy atom. The summed E-state index contributed by atoms with van der Waals surface area (Å²) in [6.45, 7) is 0.602. The molecule has 0 aliphatic carbocycles. The summed E-state index contributed by atoms with van der Waals surface area (Å²) in [6.07, 6.45) is 0. The van der Waals surface area contributed by atoms with Gasteiger partial charge in [0.15, 0.2) is 0 Å². The third-order valence-electron chi connectivity index (χ3n) is 2.65. The highest BCUT2D eigenvalue weighted by Gasteiger charge is 2.07. The third kappa shape index (κ3) is 3.68. The van der Waals surface area contributed by atoms with Crippen LogP contribution >= 0.6 is 23.2 Å². The van der Waals surface area contributed by atoms with Crippen molar-refractivity contribution in [3.63, 3.8) is 0 Å². The van der Waals surface area contributed by atoms with Crippen LogP contribution in [0.2, 0.25) is 10.0 Å². The number of hydrogen-bond acceptors (Lipinski definition) is 2. The predicted octanol–water partition coefficient (Wildman–Crippen LogP) is 3.88. The molecule has 2 nitrogen and oxygen atoms in total. The first kappa shape index (κ1) is 14.7. The molecule has 2 aromatic rings. The van der Waals surface area contributed by atoms with Gasteiger partial charge in [-0.1, -0.05) is 53.2 Å². The minimum Gasteiger partial charge on any atom is -0.487 e. The Morgan fingerprint density at radius 3 is 2.40 bits per heavy atom. The molecule has 0 unspecified atom stereocenters. The number of nitrogens with two attached hydrogens (primary N) is 1. The Balaban J connectivity index is 2.19. The summed E-state index contributed by atoms with van der Waals surface area (Å²) in [7, 11) is 0. The second-order valence-corrected chi connectivity index (χ2v) is 4.81. The van der Waals surface area contributed by atoms with Crippen LogP contribution in [0.25, 0.3) is 0 Å². The van der Waals surface area contributed by atoms with E-state index in [0.717, 1.165) is 11.1 Å². The molecule has 2 rings (SSSR count). The number of ether oxygens (including phenoxy) is 1. The second kappa shape index (κ2) is 7.21. The fourth-order valence-electron chi connectivity index (χ4n) is 1.66. The van der Waals surface area contributed by atoms with Crippen LogP contribution in [-0.4, -0.2) is 6.54 Å². The van der Waals surface area contributed by atoms with Crippen molar-refractivity contribution < 1.29 is 4.74 Å². The molecule has 0 saturated carbocycles. The number of benzene rings is 2. The lowest BCUT2D eigenvalue weighted by atomic mass is 10.2. The Labute approximate surface area is 128 Å². The molecule has 0 amide bonds. The van der Waals surface area contributed by atoms with Gasteiger partial charge in [0.25, 0.3) is 0 Å². The second-order valence-electron chi connectivity index (χ2n) is 3.99. The molecule has 0 atom stereocenters. The largest absolute Gasteiger partial charge is 0.487 e. The summed E-state index contributed by atoms with van der Waals surface area (Å²) in [5.74, 6) is 6.47. The van der Waals surface area contributed by atoms with Crippen molar-refractivity contribution in [2.75, 3.05) is 6.54 Å². The SMILES string of the molecule is NCC#Cc1ccccc1OCc1c(Cl)cccc1Cl. The molecule has 0 radical (unpaired) electrons. The Bertz CT molecular complexity index is 639. The van der Waals surface area contributed by atoms with Gasteiger partial charge < -0.3 is 10.5 Å². The molecule has 2 aromatic carbocycles. The van der Waals surface area contributed by atoms with Gasteiger partial charge in [-0.2, -0.15) is 0 Å². The first-order valence-electron chi connectivity index (χ1n) is 6.06. The van der Waals surface area contributed by atoms with E-state index in [1.165, 1.54) is 0 Å². The van der Waals surface area contributed by atoms with Crippen molar-refractivity contribution in [2.45, 2.75) is 6.61 Å². The first-order chi connectivity index (χ1) is 9.72. The van der Waals surface area contributed by atoms with Crippen LogP contribution < -0.4 is 10.5 Å². The lowest BCUT2D eigenvalue weighted by molar-refractivity contribution is 0.305. The maximum absolute atomic E-state index is 6.11. The number of hydrogen-bond donors (Lipinski definition) is 1. The Hall–Kier alpha value is -1.66. The molecule has 0 aliphatic heterocycles. The Kier molecular flexibility index (Phi) is 5.31. The van der Waals surface area contributed by atoms with E-state index >= 15 is 0 Å². The van der Waals surface area contributed by atoms with Gasteiger partial charge >= 0.3 is 0 Å². The van der Waals surface area contributed by atoms with Crippen LogP contribution in [0, 0.1) is 11.8 Å². The number of para-hydroxylation sites is 1. The molecule has 0 spiro atoms. The van der Waals surface area contributed by atoms with Crippen LogP contribution in [0.3, 0.4) is 0 Å². The molecular weight excluding hydrogens is 293 g/mol. The third-order valence-corrected chi connectivity index (χ3v) is 3.35. The maximum Gasteiger partial charge on any atom is 0.135 e. The first-order valence-corrected chi connectivity index (χ1v) is 6.81. The highest BCUT2D eigenvalue weighted by atomic mass is 35.5. The van der Waals surface area contributed by atoms with Gasteiger partial charge in [0.1, 0.15) is 12.4 Å². The zero-order valence-corrected chi connectivity index (χ0v) is 12.2. The van der Waals surface area contributed by atoms with Crippen molar-refractivity contribution in [1.29, 1.82) is 0 Å². The summed E-state index contributed by atoms with van der Waals surface area (Å²) in [5.41, 5.74) is 6.94. The predicted molar refractivity (Wildman–Crippen MR) is 83.2 cm³/mol. The normalized spacial score (nSPS) is 9.75. The molecule has 102 valence electrons. The van der Waals surface area contributed by atoms with E-state index in [9.17, 15) is 0 Å². The topological polar surface area (TPSA) is 35.2 Å². The molecule has 0 aromatic heterocycles. The molecule has 0 bridgehead atoms. The fraction of sp³-hybridized carbons (Fsp3) is 0.125. The van der Waals surface area contributed by atoms with E-state index < -0.39 is 0 Å². The smallest absolute Gasteiger partial charge is 0.135 e. The van der Waals surface area contributed by atoms with E-state index in [2.05, 4.69) is 11.8 Å². The van der Waals surface area contributed by atoms with Gasteiger partial charge in [-0.25, -0.2) is 0 Å². The van der Waals surface area contributed by atoms with E-state index in [1.807, 2.05) is 24.3 Å². The van der Waals surface area contributed by atoms with Gasteiger partial charge in [-0.3, -0.25) is 0 Å². The van der Waals surface area contributed by atoms with Gasteiger partial charge in [-0.05, 0) is 24.3 Å². The van der Waals surface area contributed by atoms with E-state index in [1.54, 1.807) is 18.2 Å². The lowest BCUT2D eigenvalue weighted by Crippen LogP contribution is -1.99. The standard InChI is InChI=1S/C16H13Cl2NO/c17-14-7-3-8-15(18)13(14)11-20-16-9-2-1-5-12(16)6-4-10-19/h1-3,5,7-9H,10-11,19H2. The van der Waals surface area contributed by atoms with Gasteiger partial charge in [-0.15, -0.1) is 0 Å².